The summed E-state index contributed by atoms with van der Waals surface area (Å²) >= 11 is 0. The van der Waals surface area contributed by atoms with Crippen LogP contribution in [0.25, 0.3) is 0 Å². The second-order valence-electron chi connectivity index (χ2n) is 4.30. The van der Waals surface area contributed by atoms with Gasteiger partial charge in [-0.1, -0.05) is 6.92 Å². The highest BCUT2D eigenvalue weighted by molar-refractivity contribution is 5.12. The smallest absolute Gasteiger partial charge is 0.113 e. The summed E-state index contributed by atoms with van der Waals surface area (Å²) in [5.41, 5.74) is 2.52. The summed E-state index contributed by atoms with van der Waals surface area (Å²) in [6.07, 6.45) is 5.13. The van der Waals surface area contributed by atoms with Crippen LogP contribution in [-0.2, 0) is 9.47 Å². The lowest BCUT2D eigenvalue weighted by molar-refractivity contribution is -0.0595. The van der Waals surface area contributed by atoms with Crippen molar-refractivity contribution in [3.05, 3.63) is 11.8 Å². The van der Waals surface area contributed by atoms with Crippen LogP contribution in [0.4, 0.5) is 0 Å². The fraction of sp³-hybridized carbons (Fsp3) is 0.833. The minimum absolute atomic E-state index is 0.0715. The SMILES string of the molecule is CCOC(C)(CC)C(NN)C1=CCCCO1. The predicted octanol–water partition coefficient (Wildman–Crippen LogP) is 1.72. The molecule has 3 N–H and O–H groups in total. The predicted molar refractivity (Wildman–Crippen MR) is 64.7 cm³/mol. The molecule has 4 heteroatoms. The Hall–Kier alpha value is -0.580. The molecule has 1 rings (SSSR count). The average Bonchev–Trinajstić information content (AvgIpc) is 2.31. The molecule has 0 saturated heterocycles. The maximum Gasteiger partial charge on any atom is 0.113 e. The standard InChI is InChI=1S/C12H24N2O2/c1-4-12(3,16-5-2)11(14-13)10-8-6-7-9-15-10/h8,11,14H,4-7,9,13H2,1-3H3. The molecule has 1 aliphatic rings. The van der Waals surface area contributed by atoms with Gasteiger partial charge in [-0.3, -0.25) is 5.84 Å². The molecule has 0 aromatic carbocycles. The number of rotatable bonds is 6. The molecule has 1 aliphatic heterocycles. The lowest BCUT2D eigenvalue weighted by Crippen LogP contribution is -2.54. The first-order valence-corrected chi connectivity index (χ1v) is 6.10. The molecular formula is C12H24N2O2. The van der Waals surface area contributed by atoms with Crippen LogP contribution < -0.4 is 11.3 Å². The third kappa shape index (κ3) is 2.97. The molecule has 2 unspecified atom stereocenters. The van der Waals surface area contributed by atoms with Gasteiger partial charge < -0.3 is 9.47 Å². The molecule has 4 nitrogen and oxygen atoms in total. The van der Waals surface area contributed by atoms with Crippen LogP contribution in [0.3, 0.4) is 0 Å². The Balaban J connectivity index is 2.81. The van der Waals surface area contributed by atoms with Gasteiger partial charge in [-0.15, -0.1) is 0 Å². The number of ether oxygens (including phenoxy) is 2. The molecule has 2 atom stereocenters. The first kappa shape index (κ1) is 13.5. The number of hydrazine groups is 1. The molecule has 0 fully saturated rings. The molecule has 0 radical (unpaired) electrons. The van der Waals surface area contributed by atoms with Gasteiger partial charge in [0.2, 0.25) is 0 Å². The molecule has 0 aromatic heterocycles. The van der Waals surface area contributed by atoms with Crippen molar-refractivity contribution in [1.29, 1.82) is 0 Å². The topological polar surface area (TPSA) is 56.5 Å². The number of nitrogens with one attached hydrogen (secondary N) is 1. The lowest BCUT2D eigenvalue weighted by Gasteiger charge is -2.38. The van der Waals surface area contributed by atoms with Crippen LogP contribution in [0.2, 0.25) is 0 Å². The van der Waals surface area contributed by atoms with E-state index in [4.69, 9.17) is 15.3 Å². The van der Waals surface area contributed by atoms with Crippen LogP contribution in [-0.4, -0.2) is 24.9 Å². The van der Waals surface area contributed by atoms with E-state index in [1.807, 2.05) is 6.92 Å². The maximum absolute atomic E-state index is 5.82. The number of hydrogen-bond acceptors (Lipinski definition) is 4. The zero-order valence-corrected chi connectivity index (χ0v) is 10.6. The molecule has 16 heavy (non-hydrogen) atoms. The van der Waals surface area contributed by atoms with Crippen LogP contribution in [0.15, 0.2) is 11.8 Å². The molecule has 1 heterocycles. The van der Waals surface area contributed by atoms with E-state index in [0.29, 0.717) is 6.61 Å². The van der Waals surface area contributed by atoms with Gasteiger partial charge >= 0.3 is 0 Å². The number of nitrogens with two attached hydrogens (primary N) is 1. The maximum atomic E-state index is 5.82. The van der Waals surface area contributed by atoms with E-state index in [1.165, 1.54) is 0 Å². The van der Waals surface area contributed by atoms with Gasteiger partial charge in [-0.2, -0.15) is 0 Å². The minimum atomic E-state index is -0.313. The summed E-state index contributed by atoms with van der Waals surface area (Å²) in [6.45, 7) is 7.62. The lowest BCUT2D eigenvalue weighted by atomic mass is 9.91. The Morgan fingerprint density at radius 3 is 2.81 bits per heavy atom. The van der Waals surface area contributed by atoms with E-state index < -0.39 is 0 Å². The monoisotopic (exact) mass is 228 g/mol. The van der Waals surface area contributed by atoms with Crippen molar-refractivity contribution in [2.24, 2.45) is 5.84 Å². The first-order chi connectivity index (χ1) is 7.68. The van der Waals surface area contributed by atoms with Gasteiger partial charge in [0, 0.05) is 6.61 Å². The van der Waals surface area contributed by atoms with Gasteiger partial charge in [0.15, 0.2) is 0 Å². The third-order valence-electron chi connectivity index (χ3n) is 3.20. The summed E-state index contributed by atoms with van der Waals surface area (Å²) in [5.74, 6) is 6.57. The van der Waals surface area contributed by atoms with Gasteiger partial charge in [0.1, 0.15) is 11.8 Å². The van der Waals surface area contributed by atoms with Crippen molar-refractivity contribution in [2.75, 3.05) is 13.2 Å². The zero-order chi connectivity index (χ0) is 12.0. The number of allylic oxidation sites excluding steroid dienone is 1. The third-order valence-corrected chi connectivity index (χ3v) is 3.20. The number of hydrogen-bond donors (Lipinski definition) is 2. The average molecular weight is 228 g/mol. The molecule has 94 valence electrons. The van der Waals surface area contributed by atoms with Gasteiger partial charge in [0.05, 0.1) is 12.2 Å². The van der Waals surface area contributed by atoms with Crippen molar-refractivity contribution in [3.8, 4) is 0 Å². The summed E-state index contributed by atoms with van der Waals surface area (Å²) in [6, 6.07) is -0.0715. The van der Waals surface area contributed by atoms with Crippen molar-refractivity contribution in [2.45, 2.75) is 51.7 Å². The highest BCUT2D eigenvalue weighted by Crippen LogP contribution is 2.27. The molecule has 0 aromatic rings. The molecule has 0 bridgehead atoms. The summed E-state index contributed by atoms with van der Waals surface area (Å²) in [7, 11) is 0. The Morgan fingerprint density at radius 2 is 2.38 bits per heavy atom. The molecular weight excluding hydrogens is 204 g/mol. The fourth-order valence-electron chi connectivity index (χ4n) is 2.06. The van der Waals surface area contributed by atoms with Crippen LogP contribution in [0, 0.1) is 0 Å². The highest BCUT2D eigenvalue weighted by Gasteiger charge is 2.36. The summed E-state index contributed by atoms with van der Waals surface area (Å²) in [4.78, 5) is 0. The Labute approximate surface area is 98.1 Å². The molecule has 0 amide bonds. The minimum Gasteiger partial charge on any atom is -0.496 e. The van der Waals surface area contributed by atoms with Crippen LogP contribution in [0.1, 0.15) is 40.0 Å². The first-order valence-electron chi connectivity index (χ1n) is 6.10. The van der Waals surface area contributed by atoms with E-state index in [9.17, 15) is 0 Å². The quantitative estimate of drug-likeness (QED) is 0.537. The van der Waals surface area contributed by atoms with E-state index >= 15 is 0 Å². The van der Waals surface area contributed by atoms with Crippen LogP contribution in [0.5, 0.6) is 0 Å². The van der Waals surface area contributed by atoms with Gasteiger partial charge in [-0.05, 0) is 39.2 Å². The largest absolute Gasteiger partial charge is 0.496 e. The molecule has 0 spiro atoms. The van der Waals surface area contributed by atoms with E-state index in [1.54, 1.807) is 0 Å². The Bertz CT molecular complexity index is 243. The van der Waals surface area contributed by atoms with E-state index in [-0.39, 0.29) is 11.6 Å². The molecule has 0 aliphatic carbocycles. The van der Waals surface area contributed by atoms with Gasteiger partial charge in [0.25, 0.3) is 0 Å². The van der Waals surface area contributed by atoms with Crippen molar-refractivity contribution >= 4 is 0 Å². The van der Waals surface area contributed by atoms with E-state index in [0.717, 1.165) is 31.6 Å². The Morgan fingerprint density at radius 1 is 1.62 bits per heavy atom. The highest BCUT2D eigenvalue weighted by atomic mass is 16.5. The fourth-order valence-corrected chi connectivity index (χ4v) is 2.06. The summed E-state index contributed by atoms with van der Waals surface area (Å²) in [5, 5.41) is 0. The van der Waals surface area contributed by atoms with Crippen molar-refractivity contribution in [3.63, 3.8) is 0 Å². The van der Waals surface area contributed by atoms with Gasteiger partial charge in [-0.25, -0.2) is 5.43 Å². The second kappa shape index (κ2) is 6.23. The molecule has 0 saturated carbocycles. The zero-order valence-electron chi connectivity index (χ0n) is 10.6. The van der Waals surface area contributed by atoms with Crippen molar-refractivity contribution in [1.82, 2.24) is 5.43 Å². The summed E-state index contributed by atoms with van der Waals surface area (Å²) < 4.78 is 11.5. The van der Waals surface area contributed by atoms with E-state index in [2.05, 4.69) is 25.3 Å². The normalized spacial score (nSPS) is 21.9. The van der Waals surface area contributed by atoms with Crippen LogP contribution >= 0.6 is 0 Å². The second-order valence-corrected chi connectivity index (χ2v) is 4.30. The Kier molecular flexibility index (Phi) is 5.25. The van der Waals surface area contributed by atoms with Crippen molar-refractivity contribution < 1.29 is 9.47 Å².